The minimum absolute atomic E-state index is 0.699. The lowest BCUT2D eigenvalue weighted by Crippen LogP contribution is -1.81. The van der Waals surface area contributed by atoms with E-state index in [0.717, 1.165) is 11.3 Å². The highest BCUT2D eigenvalue weighted by Gasteiger charge is 2.08. The van der Waals surface area contributed by atoms with E-state index in [0.29, 0.717) is 5.89 Å². The summed E-state index contributed by atoms with van der Waals surface area (Å²) in [6, 6.07) is 12.6. The number of aromatic nitrogens is 1. The van der Waals surface area contributed by atoms with E-state index < -0.39 is 0 Å². The molecule has 0 radical (unpaired) electrons. The highest BCUT2D eigenvalue weighted by atomic mass is 16.4. The molecule has 0 N–H and O–H groups in total. The van der Waals surface area contributed by atoms with Crippen molar-refractivity contribution in [1.82, 2.24) is 4.98 Å². The lowest BCUT2D eigenvalue weighted by atomic mass is 10.00. The Morgan fingerprint density at radius 1 is 0.941 bits per heavy atom. The standard InChI is InChI=1S/C15H13NO/c1-10-5-3-7-13-12(10)6-4-8-14(13)15-9-16-11(2)17-15/h3-9H,1-2H3. The van der Waals surface area contributed by atoms with Crippen LogP contribution in [0.5, 0.6) is 0 Å². The molecule has 17 heavy (non-hydrogen) atoms. The monoisotopic (exact) mass is 223 g/mol. The number of hydrogen-bond acceptors (Lipinski definition) is 2. The van der Waals surface area contributed by atoms with Crippen molar-refractivity contribution in [2.24, 2.45) is 0 Å². The summed E-state index contributed by atoms with van der Waals surface area (Å²) in [5.74, 6) is 1.53. The molecule has 0 saturated heterocycles. The van der Waals surface area contributed by atoms with Crippen LogP contribution in [0.25, 0.3) is 22.1 Å². The van der Waals surface area contributed by atoms with E-state index in [2.05, 4.69) is 48.3 Å². The lowest BCUT2D eigenvalue weighted by Gasteiger charge is -2.05. The molecular formula is C15H13NO. The SMILES string of the molecule is Cc1ncc(-c2cccc3c(C)cccc23)o1. The quantitative estimate of drug-likeness (QED) is 0.620. The topological polar surface area (TPSA) is 26.0 Å². The second kappa shape index (κ2) is 3.74. The Bertz CT molecular complexity index is 682. The molecule has 0 spiro atoms. The molecule has 1 aromatic heterocycles. The summed E-state index contributed by atoms with van der Waals surface area (Å²) < 4.78 is 5.61. The van der Waals surface area contributed by atoms with E-state index in [1.165, 1.54) is 16.3 Å². The maximum absolute atomic E-state index is 5.61. The van der Waals surface area contributed by atoms with Crippen LogP contribution in [0.3, 0.4) is 0 Å². The lowest BCUT2D eigenvalue weighted by molar-refractivity contribution is 0.535. The number of aryl methyl sites for hydroxylation is 2. The first-order valence-corrected chi connectivity index (χ1v) is 5.67. The van der Waals surface area contributed by atoms with Gasteiger partial charge in [0.2, 0.25) is 0 Å². The molecule has 0 aliphatic rings. The van der Waals surface area contributed by atoms with Crippen molar-refractivity contribution >= 4 is 10.8 Å². The second-order valence-corrected chi connectivity index (χ2v) is 4.22. The number of benzene rings is 2. The van der Waals surface area contributed by atoms with Crippen LogP contribution in [-0.2, 0) is 0 Å². The highest BCUT2D eigenvalue weighted by molar-refractivity contribution is 5.97. The fourth-order valence-electron chi connectivity index (χ4n) is 2.17. The minimum Gasteiger partial charge on any atom is -0.441 e. The molecule has 84 valence electrons. The van der Waals surface area contributed by atoms with E-state index in [1.54, 1.807) is 6.20 Å². The van der Waals surface area contributed by atoms with Crippen molar-refractivity contribution < 1.29 is 4.42 Å². The summed E-state index contributed by atoms with van der Waals surface area (Å²) in [5.41, 5.74) is 2.38. The van der Waals surface area contributed by atoms with Gasteiger partial charge in [-0.3, -0.25) is 0 Å². The Balaban J connectivity index is 2.34. The molecule has 0 bridgehead atoms. The van der Waals surface area contributed by atoms with Crippen LogP contribution in [0, 0.1) is 13.8 Å². The van der Waals surface area contributed by atoms with Gasteiger partial charge in [0.1, 0.15) is 0 Å². The van der Waals surface area contributed by atoms with E-state index in [-0.39, 0.29) is 0 Å². The predicted molar refractivity (Wildman–Crippen MR) is 68.9 cm³/mol. The van der Waals surface area contributed by atoms with Gasteiger partial charge in [-0.2, -0.15) is 0 Å². The van der Waals surface area contributed by atoms with Gasteiger partial charge in [0, 0.05) is 12.5 Å². The van der Waals surface area contributed by atoms with Gasteiger partial charge in [-0.25, -0.2) is 4.98 Å². The Morgan fingerprint density at radius 2 is 1.71 bits per heavy atom. The van der Waals surface area contributed by atoms with Gasteiger partial charge in [-0.1, -0.05) is 36.4 Å². The van der Waals surface area contributed by atoms with Crippen molar-refractivity contribution in [3.63, 3.8) is 0 Å². The Labute approximate surface area is 99.9 Å². The first-order valence-electron chi connectivity index (χ1n) is 5.67. The first kappa shape index (κ1) is 10.1. The van der Waals surface area contributed by atoms with Gasteiger partial charge in [0.05, 0.1) is 6.20 Å². The van der Waals surface area contributed by atoms with Crippen molar-refractivity contribution in [1.29, 1.82) is 0 Å². The van der Waals surface area contributed by atoms with Crippen LogP contribution in [0.15, 0.2) is 47.0 Å². The van der Waals surface area contributed by atoms with Crippen molar-refractivity contribution in [2.45, 2.75) is 13.8 Å². The van der Waals surface area contributed by atoms with Crippen LogP contribution in [0.2, 0.25) is 0 Å². The van der Waals surface area contributed by atoms with Gasteiger partial charge in [-0.15, -0.1) is 0 Å². The molecule has 0 aliphatic carbocycles. The highest BCUT2D eigenvalue weighted by Crippen LogP contribution is 2.30. The smallest absolute Gasteiger partial charge is 0.191 e. The van der Waals surface area contributed by atoms with Gasteiger partial charge in [0.25, 0.3) is 0 Å². The van der Waals surface area contributed by atoms with Crippen LogP contribution < -0.4 is 0 Å². The van der Waals surface area contributed by atoms with Crippen LogP contribution in [-0.4, -0.2) is 4.98 Å². The molecule has 0 saturated carbocycles. The summed E-state index contributed by atoms with van der Waals surface area (Å²) in [4.78, 5) is 4.16. The summed E-state index contributed by atoms with van der Waals surface area (Å²) in [6.45, 7) is 3.98. The van der Waals surface area contributed by atoms with Crippen molar-refractivity contribution in [2.75, 3.05) is 0 Å². The zero-order chi connectivity index (χ0) is 11.8. The number of oxazole rings is 1. The molecule has 3 rings (SSSR count). The van der Waals surface area contributed by atoms with E-state index in [4.69, 9.17) is 4.42 Å². The van der Waals surface area contributed by atoms with Crippen LogP contribution in [0.1, 0.15) is 11.5 Å². The number of nitrogens with zero attached hydrogens (tertiary/aromatic N) is 1. The van der Waals surface area contributed by atoms with E-state index in [9.17, 15) is 0 Å². The van der Waals surface area contributed by atoms with Crippen LogP contribution >= 0.6 is 0 Å². The van der Waals surface area contributed by atoms with Crippen molar-refractivity contribution in [3.8, 4) is 11.3 Å². The van der Waals surface area contributed by atoms with E-state index >= 15 is 0 Å². The molecule has 2 aromatic carbocycles. The second-order valence-electron chi connectivity index (χ2n) is 4.22. The van der Waals surface area contributed by atoms with Crippen LogP contribution in [0.4, 0.5) is 0 Å². The average molecular weight is 223 g/mol. The van der Waals surface area contributed by atoms with Crippen molar-refractivity contribution in [3.05, 3.63) is 54.0 Å². The van der Waals surface area contributed by atoms with Gasteiger partial charge < -0.3 is 4.42 Å². The molecular weight excluding hydrogens is 210 g/mol. The number of rotatable bonds is 1. The maximum Gasteiger partial charge on any atom is 0.191 e. The summed E-state index contributed by atoms with van der Waals surface area (Å²) in [6.07, 6.45) is 1.78. The molecule has 0 amide bonds. The third-order valence-electron chi connectivity index (χ3n) is 3.03. The Morgan fingerprint density at radius 3 is 2.47 bits per heavy atom. The largest absolute Gasteiger partial charge is 0.441 e. The summed E-state index contributed by atoms with van der Waals surface area (Å²) >= 11 is 0. The molecule has 1 heterocycles. The predicted octanol–water partition coefficient (Wildman–Crippen LogP) is 4.11. The van der Waals surface area contributed by atoms with E-state index in [1.807, 2.05) is 6.92 Å². The zero-order valence-corrected chi connectivity index (χ0v) is 9.90. The molecule has 0 unspecified atom stereocenters. The normalized spacial score (nSPS) is 10.9. The van der Waals surface area contributed by atoms with Gasteiger partial charge >= 0.3 is 0 Å². The third-order valence-corrected chi connectivity index (χ3v) is 3.03. The molecule has 2 nitrogen and oxygen atoms in total. The first-order chi connectivity index (χ1) is 8.25. The maximum atomic E-state index is 5.61. The Hall–Kier alpha value is -2.09. The molecule has 3 aromatic rings. The minimum atomic E-state index is 0.699. The van der Waals surface area contributed by atoms with Gasteiger partial charge in [0.15, 0.2) is 11.7 Å². The molecule has 0 aliphatic heterocycles. The van der Waals surface area contributed by atoms with Gasteiger partial charge in [-0.05, 0) is 23.3 Å². The fraction of sp³-hybridized carbons (Fsp3) is 0.133. The third kappa shape index (κ3) is 1.62. The molecule has 0 fully saturated rings. The fourth-order valence-corrected chi connectivity index (χ4v) is 2.17. The summed E-state index contributed by atoms with van der Waals surface area (Å²) in [7, 11) is 0. The molecule has 2 heteroatoms. The summed E-state index contributed by atoms with van der Waals surface area (Å²) in [5, 5.41) is 2.47. The number of fused-ring (bicyclic) bond motifs is 1. The Kier molecular flexibility index (Phi) is 2.22. The number of hydrogen-bond donors (Lipinski definition) is 0. The average Bonchev–Trinajstić information content (AvgIpc) is 2.76. The molecule has 0 atom stereocenters. The zero-order valence-electron chi connectivity index (χ0n) is 9.90.